The Bertz CT molecular complexity index is 623. The number of guanidine groups is 1. The van der Waals surface area contributed by atoms with Crippen LogP contribution < -0.4 is 15.4 Å². The monoisotopic (exact) mass is 390 g/mol. The van der Waals surface area contributed by atoms with Crippen LogP contribution in [0.15, 0.2) is 29.3 Å². The number of likely N-dealkylation sites (tertiary alicyclic amines) is 1. The van der Waals surface area contributed by atoms with Crippen LogP contribution in [0.1, 0.15) is 46.1 Å². The maximum Gasteiger partial charge on any atom is 0.409 e. The zero-order valence-electron chi connectivity index (χ0n) is 17.5. The molecule has 0 saturated carbocycles. The minimum absolute atomic E-state index is 0.170. The minimum atomic E-state index is -0.216. The molecule has 0 aromatic heterocycles. The van der Waals surface area contributed by atoms with Crippen molar-refractivity contribution in [3.63, 3.8) is 0 Å². The molecule has 0 radical (unpaired) electrons. The van der Waals surface area contributed by atoms with E-state index in [1.54, 1.807) is 4.90 Å². The smallest absolute Gasteiger partial charge is 0.409 e. The molecule has 1 aliphatic rings. The largest absolute Gasteiger partial charge is 0.491 e. The highest BCUT2D eigenvalue weighted by Gasteiger charge is 2.24. The zero-order chi connectivity index (χ0) is 20.4. The molecule has 7 nitrogen and oxygen atoms in total. The van der Waals surface area contributed by atoms with Gasteiger partial charge in [-0.15, -0.1) is 0 Å². The van der Waals surface area contributed by atoms with Gasteiger partial charge in [0.05, 0.1) is 19.3 Å². The van der Waals surface area contributed by atoms with Crippen LogP contribution in [0.4, 0.5) is 4.79 Å². The first-order chi connectivity index (χ1) is 13.5. The summed E-state index contributed by atoms with van der Waals surface area (Å²) in [5.41, 5.74) is 1.13. The summed E-state index contributed by atoms with van der Waals surface area (Å²) in [7, 11) is 0. The van der Waals surface area contributed by atoms with Gasteiger partial charge < -0.3 is 25.0 Å². The van der Waals surface area contributed by atoms with E-state index in [-0.39, 0.29) is 12.2 Å². The second-order valence-electron chi connectivity index (χ2n) is 7.11. The fraction of sp³-hybridized carbons (Fsp3) is 0.619. The predicted octanol–water partition coefficient (Wildman–Crippen LogP) is 3.15. The second-order valence-corrected chi connectivity index (χ2v) is 7.11. The first kappa shape index (κ1) is 21.9. The lowest BCUT2D eigenvalue weighted by Crippen LogP contribution is -2.49. The van der Waals surface area contributed by atoms with E-state index in [1.807, 2.05) is 45.0 Å². The number of hydrogen-bond donors (Lipinski definition) is 2. The Kier molecular flexibility index (Phi) is 8.91. The molecule has 0 aliphatic carbocycles. The highest BCUT2D eigenvalue weighted by molar-refractivity contribution is 5.80. The van der Waals surface area contributed by atoms with Crippen molar-refractivity contribution in [2.24, 2.45) is 4.99 Å². The van der Waals surface area contributed by atoms with Crippen LogP contribution in [0.3, 0.4) is 0 Å². The summed E-state index contributed by atoms with van der Waals surface area (Å²) in [6.07, 6.45) is 1.71. The summed E-state index contributed by atoms with van der Waals surface area (Å²) in [6, 6.07) is 8.35. The number of benzene rings is 1. The Morgan fingerprint density at radius 2 is 1.89 bits per heavy atom. The van der Waals surface area contributed by atoms with Gasteiger partial charge in [0.25, 0.3) is 0 Å². The molecule has 156 valence electrons. The van der Waals surface area contributed by atoms with Gasteiger partial charge in [-0.25, -0.2) is 9.79 Å². The number of nitrogens with one attached hydrogen (secondary N) is 2. The van der Waals surface area contributed by atoms with E-state index in [1.165, 1.54) is 0 Å². The van der Waals surface area contributed by atoms with Gasteiger partial charge in [0.15, 0.2) is 5.96 Å². The van der Waals surface area contributed by atoms with E-state index < -0.39 is 0 Å². The van der Waals surface area contributed by atoms with E-state index in [2.05, 4.69) is 17.6 Å². The molecule has 2 rings (SSSR count). The number of nitrogens with zero attached hydrogens (tertiary/aromatic N) is 2. The van der Waals surface area contributed by atoms with Crippen molar-refractivity contribution >= 4 is 12.1 Å². The lowest BCUT2D eigenvalue weighted by molar-refractivity contribution is 0.0963. The van der Waals surface area contributed by atoms with Gasteiger partial charge in [-0.3, -0.25) is 0 Å². The average Bonchev–Trinajstić information content (AvgIpc) is 2.68. The molecule has 2 N–H and O–H groups in total. The molecule has 1 fully saturated rings. The SMILES string of the molecule is CCNC(=NCc1ccc(OC(C)C)cc1)NC1CCN(C(=O)OCC)CC1. The van der Waals surface area contributed by atoms with Crippen molar-refractivity contribution in [1.82, 2.24) is 15.5 Å². The van der Waals surface area contributed by atoms with Gasteiger partial charge in [0.1, 0.15) is 5.75 Å². The number of carbonyl (C=O) groups excluding carboxylic acids is 1. The lowest BCUT2D eigenvalue weighted by atomic mass is 10.1. The summed E-state index contributed by atoms with van der Waals surface area (Å²) in [5, 5.41) is 6.79. The topological polar surface area (TPSA) is 75.2 Å². The number of aliphatic imine (C=N–C) groups is 1. The van der Waals surface area contributed by atoms with Gasteiger partial charge >= 0.3 is 6.09 Å². The maximum atomic E-state index is 11.8. The number of amides is 1. The van der Waals surface area contributed by atoms with E-state index in [9.17, 15) is 4.79 Å². The van der Waals surface area contributed by atoms with Crippen LogP contribution in [-0.4, -0.2) is 55.3 Å². The van der Waals surface area contributed by atoms with Crippen molar-refractivity contribution in [3.05, 3.63) is 29.8 Å². The van der Waals surface area contributed by atoms with Gasteiger partial charge in [-0.2, -0.15) is 0 Å². The zero-order valence-corrected chi connectivity index (χ0v) is 17.5. The Balaban J connectivity index is 1.86. The van der Waals surface area contributed by atoms with Crippen LogP contribution in [0.2, 0.25) is 0 Å². The van der Waals surface area contributed by atoms with E-state index >= 15 is 0 Å². The fourth-order valence-corrected chi connectivity index (χ4v) is 3.05. The highest BCUT2D eigenvalue weighted by Crippen LogP contribution is 2.15. The third kappa shape index (κ3) is 7.29. The molecule has 28 heavy (non-hydrogen) atoms. The van der Waals surface area contributed by atoms with Crippen molar-refractivity contribution in [1.29, 1.82) is 0 Å². The van der Waals surface area contributed by atoms with Crippen LogP contribution in [-0.2, 0) is 11.3 Å². The van der Waals surface area contributed by atoms with Gasteiger partial charge in [0.2, 0.25) is 0 Å². The fourth-order valence-electron chi connectivity index (χ4n) is 3.05. The van der Waals surface area contributed by atoms with E-state index in [0.717, 1.165) is 36.7 Å². The third-order valence-corrected chi connectivity index (χ3v) is 4.42. The van der Waals surface area contributed by atoms with Gasteiger partial charge in [-0.05, 0) is 58.2 Å². The van der Waals surface area contributed by atoms with Gasteiger partial charge in [-0.1, -0.05) is 12.1 Å². The van der Waals surface area contributed by atoms with Crippen molar-refractivity contribution in [3.8, 4) is 5.75 Å². The molecular weight excluding hydrogens is 356 g/mol. The molecule has 0 atom stereocenters. The highest BCUT2D eigenvalue weighted by atomic mass is 16.6. The Morgan fingerprint density at radius 1 is 1.21 bits per heavy atom. The molecule has 1 amide bonds. The Hall–Kier alpha value is -2.44. The van der Waals surface area contributed by atoms with Crippen molar-refractivity contribution < 1.29 is 14.3 Å². The quantitative estimate of drug-likeness (QED) is 0.553. The van der Waals surface area contributed by atoms with E-state index in [0.29, 0.717) is 32.3 Å². The summed E-state index contributed by atoms with van der Waals surface area (Å²) in [4.78, 5) is 18.3. The number of piperidine rings is 1. The number of rotatable bonds is 7. The molecule has 7 heteroatoms. The molecule has 1 saturated heterocycles. The lowest BCUT2D eigenvalue weighted by Gasteiger charge is -2.32. The first-order valence-electron chi connectivity index (χ1n) is 10.2. The van der Waals surface area contributed by atoms with Crippen LogP contribution in [0.25, 0.3) is 0 Å². The Morgan fingerprint density at radius 3 is 2.46 bits per heavy atom. The van der Waals surface area contributed by atoms with Crippen LogP contribution in [0, 0.1) is 0 Å². The van der Waals surface area contributed by atoms with E-state index in [4.69, 9.17) is 14.5 Å². The average molecular weight is 391 g/mol. The molecule has 0 bridgehead atoms. The van der Waals surface area contributed by atoms with Crippen LogP contribution >= 0.6 is 0 Å². The predicted molar refractivity (Wildman–Crippen MR) is 112 cm³/mol. The molecular formula is C21H34N4O3. The first-order valence-corrected chi connectivity index (χ1v) is 10.2. The molecule has 0 unspecified atom stereocenters. The molecule has 1 aromatic carbocycles. The number of hydrogen-bond acceptors (Lipinski definition) is 4. The molecule has 1 aliphatic heterocycles. The Labute approximate surface area is 168 Å². The summed E-state index contributed by atoms with van der Waals surface area (Å²) in [6.45, 7) is 11.1. The molecule has 0 spiro atoms. The summed E-state index contributed by atoms with van der Waals surface area (Å²) >= 11 is 0. The van der Waals surface area contributed by atoms with Crippen LogP contribution in [0.5, 0.6) is 5.75 Å². The normalized spacial score (nSPS) is 15.5. The van der Waals surface area contributed by atoms with Gasteiger partial charge in [0, 0.05) is 25.7 Å². The second kappa shape index (κ2) is 11.4. The molecule has 1 aromatic rings. The minimum Gasteiger partial charge on any atom is -0.491 e. The number of ether oxygens (including phenoxy) is 2. The number of carbonyl (C=O) groups is 1. The van der Waals surface area contributed by atoms with Crippen molar-refractivity contribution in [2.45, 2.75) is 59.2 Å². The van der Waals surface area contributed by atoms with Crippen molar-refractivity contribution in [2.75, 3.05) is 26.2 Å². The third-order valence-electron chi connectivity index (χ3n) is 4.42. The molecule has 1 heterocycles. The maximum absolute atomic E-state index is 11.8. The summed E-state index contributed by atoms with van der Waals surface area (Å²) < 4.78 is 10.8. The summed E-state index contributed by atoms with van der Waals surface area (Å²) in [5.74, 6) is 1.68. The standard InChI is InChI=1S/C21H34N4O3/c1-5-22-20(23-15-17-7-9-19(10-8-17)28-16(3)4)24-18-11-13-25(14-12-18)21(26)27-6-2/h7-10,16,18H,5-6,11-15H2,1-4H3,(H2,22,23,24).